The molecule has 1 N–H and O–H groups in total. The van der Waals surface area contributed by atoms with Gasteiger partial charge in [-0.15, -0.1) is 0 Å². The van der Waals surface area contributed by atoms with Crippen molar-refractivity contribution < 1.29 is 9.90 Å². The number of aliphatic hydroxyl groups excluding tert-OH is 1. The van der Waals surface area contributed by atoms with Crippen molar-refractivity contribution in [2.75, 3.05) is 0 Å². The lowest BCUT2D eigenvalue weighted by Gasteiger charge is -1.94. The molecule has 0 aromatic rings. The Labute approximate surface area is 66.9 Å². The number of allylic oxidation sites excluding steroid dienone is 2. The summed E-state index contributed by atoms with van der Waals surface area (Å²) in [6, 6.07) is 0. The molecule has 0 unspecified atom stereocenters. The van der Waals surface area contributed by atoms with Crippen LogP contribution in [-0.2, 0) is 4.79 Å². The van der Waals surface area contributed by atoms with Crippen molar-refractivity contribution >= 4 is 5.78 Å². The van der Waals surface area contributed by atoms with Gasteiger partial charge in [-0.1, -0.05) is 6.92 Å². The van der Waals surface area contributed by atoms with Gasteiger partial charge in [0.1, 0.15) is 0 Å². The molecule has 0 aliphatic heterocycles. The lowest BCUT2D eigenvalue weighted by atomic mass is 10.2. The zero-order valence-corrected chi connectivity index (χ0v) is 6.84. The Kier molecular flexibility index (Phi) is 2.69. The van der Waals surface area contributed by atoms with Gasteiger partial charge in [0, 0.05) is 18.4 Å². The van der Waals surface area contributed by atoms with E-state index in [-0.39, 0.29) is 5.78 Å². The SMILES string of the molecule is CCCC(=O)C=C(O)C1CC1. The van der Waals surface area contributed by atoms with Crippen LogP contribution in [0.4, 0.5) is 0 Å². The third-order valence-electron chi connectivity index (χ3n) is 1.80. The van der Waals surface area contributed by atoms with Gasteiger partial charge in [-0.05, 0) is 19.3 Å². The quantitative estimate of drug-likeness (QED) is 0.498. The fourth-order valence-corrected chi connectivity index (χ4v) is 0.980. The zero-order valence-electron chi connectivity index (χ0n) is 6.84. The van der Waals surface area contributed by atoms with E-state index in [1.165, 1.54) is 6.08 Å². The third kappa shape index (κ3) is 2.74. The summed E-state index contributed by atoms with van der Waals surface area (Å²) < 4.78 is 0. The minimum absolute atomic E-state index is 0.0527. The van der Waals surface area contributed by atoms with Crippen LogP contribution < -0.4 is 0 Å². The zero-order chi connectivity index (χ0) is 8.27. The van der Waals surface area contributed by atoms with E-state index in [9.17, 15) is 9.90 Å². The molecule has 2 heteroatoms. The van der Waals surface area contributed by atoms with Crippen molar-refractivity contribution in [1.82, 2.24) is 0 Å². The summed E-state index contributed by atoms with van der Waals surface area (Å²) in [7, 11) is 0. The van der Waals surface area contributed by atoms with Gasteiger partial charge in [0.2, 0.25) is 0 Å². The molecule has 11 heavy (non-hydrogen) atoms. The van der Waals surface area contributed by atoms with Crippen LogP contribution in [0.3, 0.4) is 0 Å². The molecular formula is C9H14O2. The lowest BCUT2D eigenvalue weighted by molar-refractivity contribution is -0.114. The molecule has 1 saturated carbocycles. The van der Waals surface area contributed by atoms with Crippen LogP contribution in [0.2, 0.25) is 0 Å². The number of ketones is 1. The molecule has 1 aliphatic carbocycles. The number of carbonyl (C=O) groups is 1. The van der Waals surface area contributed by atoms with Crippen molar-refractivity contribution in [3.8, 4) is 0 Å². The molecule has 0 heterocycles. The molecule has 0 saturated heterocycles. The van der Waals surface area contributed by atoms with Gasteiger partial charge >= 0.3 is 0 Å². The largest absolute Gasteiger partial charge is 0.512 e. The molecule has 62 valence electrons. The summed E-state index contributed by atoms with van der Waals surface area (Å²) in [5.41, 5.74) is 0. The Morgan fingerprint density at radius 1 is 1.64 bits per heavy atom. The number of aliphatic hydroxyl groups is 1. The minimum Gasteiger partial charge on any atom is -0.512 e. The smallest absolute Gasteiger partial charge is 0.159 e. The highest BCUT2D eigenvalue weighted by molar-refractivity contribution is 5.90. The van der Waals surface area contributed by atoms with Gasteiger partial charge in [0.05, 0.1) is 5.76 Å². The van der Waals surface area contributed by atoms with E-state index >= 15 is 0 Å². The molecule has 1 rings (SSSR count). The molecule has 0 bridgehead atoms. The van der Waals surface area contributed by atoms with E-state index in [1.54, 1.807) is 0 Å². The highest BCUT2D eigenvalue weighted by Crippen LogP contribution is 2.34. The second kappa shape index (κ2) is 3.56. The summed E-state index contributed by atoms with van der Waals surface area (Å²) in [4.78, 5) is 10.9. The van der Waals surface area contributed by atoms with Crippen LogP contribution in [0.25, 0.3) is 0 Å². The highest BCUT2D eigenvalue weighted by Gasteiger charge is 2.25. The van der Waals surface area contributed by atoms with Crippen molar-refractivity contribution in [3.05, 3.63) is 11.8 Å². The second-order valence-corrected chi connectivity index (χ2v) is 3.06. The Bertz CT molecular complexity index is 178. The Morgan fingerprint density at radius 2 is 2.27 bits per heavy atom. The first kappa shape index (κ1) is 8.31. The summed E-state index contributed by atoms with van der Waals surface area (Å²) >= 11 is 0. The lowest BCUT2D eigenvalue weighted by Crippen LogP contribution is -1.94. The van der Waals surface area contributed by atoms with Crippen LogP contribution >= 0.6 is 0 Å². The normalized spacial score (nSPS) is 18.5. The van der Waals surface area contributed by atoms with Crippen molar-refractivity contribution in [3.63, 3.8) is 0 Å². The summed E-state index contributed by atoms with van der Waals surface area (Å²) in [6.07, 6.45) is 4.88. The number of hydrogen-bond donors (Lipinski definition) is 1. The fourth-order valence-electron chi connectivity index (χ4n) is 0.980. The Morgan fingerprint density at radius 3 is 2.73 bits per heavy atom. The molecule has 0 amide bonds. The van der Waals surface area contributed by atoms with Gasteiger partial charge in [-0.2, -0.15) is 0 Å². The van der Waals surface area contributed by atoms with Gasteiger partial charge in [-0.25, -0.2) is 0 Å². The van der Waals surface area contributed by atoms with Crippen molar-refractivity contribution in [2.45, 2.75) is 32.6 Å². The summed E-state index contributed by atoms with van der Waals surface area (Å²) in [5.74, 6) is 0.649. The maximum Gasteiger partial charge on any atom is 0.159 e. The Hall–Kier alpha value is -0.790. The van der Waals surface area contributed by atoms with E-state index in [4.69, 9.17) is 0 Å². The minimum atomic E-state index is 0.0527. The van der Waals surface area contributed by atoms with Crippen LogP contribution in [0.5, 0.6) is 0 Å². The average molecular weight is 154 g/mol. The monoisotopic (exact) mass is 154 g/mol. The first-order chi connectivity index (χ1) is 5.24. The van der Waals surface area contributed by atoms with Crippen LogP contribution in [0.1, 0.15) is 32.6 Å². The number of hydrogen-bond acceptors (Lipinski definition) is 2. The van der Waals surface area contributed by atoms with Gasteiger partial charge < -0.3 is 5.11 Å². The first-order valence-electron chi connectivity index (χ1n) is 4.17. The molecule has 0 atom stereocenters. The van der Waals surface area contributed by atoms with Crippen LogP contribution in [-0.4, -0.2) is 10.9 Å². The predicted octanol–water partition coefficient (Wildman–Crippen LogP) is 2.21. The van der Waals surface area contributed by atoms with E-state index in [1.807, 2.05) is 6.92 Å². The third-order valence-corrected chi connectivity index (χ3v) is 1.80. The standard InChI is InChI=1S/C9H14O2/c1-2-3-8(10)6-9(11)7-4-5-7/h6-7,11H,2-5H2,1H3. The Balaban J connectivity index is 2.35. The molecule has 1 fully saturated rings. The van der Waals surface area contributed by atoms with Gasteiger partial charge in [0.25, 0.3) is 0 Å². The van der Waals surface area contributed by atoms with E-state index in [2.05, 4.69) is 0 Å². The van der Waals surface area contributed by atoms with E-state index in [0.717, 1.165) is 19.3 Å². The van der Waals surface area contributed by atoms with Crippen LogP contribution in [0.15, 0.2) is 11.8 Å². The van der Waals surface area contributed by atoms with Gasteiger partial charge in [-0.3, -0.25) is 4.79 Å². The topological polar surface area (TPSA) is 37.3 Å². The number of carbonyl (C=O) groups excluding carboxylic acids is 1. The first-order valence-corrected chi connectivity index (χ1v) is 4.17. The predicted molar refractivity (Wildman–Crippen MR) is 43.4 cm³/mol. The van der Waals surface area contributed by atoms with Crippen molar-refractivity contribution in [2.24, 2.45) is 5.92 Å². The summed E-state index contributed by atoms with van der Waals surface area (Å²) in [6.45, 7) is 1.96. The maximum absolute atomic E-state index is 10.9. The molecule has 1 aliphatic rings. The van der Waals surface area contributed by atoms with Crippen LogP contribution in [0, 0.1) is 5.92 Å². The molecule has 0 aromatic carbocycles. The fraction of sp³-hybridized carbons (Fsp3) is 0.667. The number of rotatable bonds is 4. The molecule has 0 spiro atoms. The van der Waals surface area contributed by atoms with Gasteiger partial charge in [0.15, 0.2) is 5.78 Å². The second-order valence-electron chi connectivity index (χ2n) is 3.06. The molecule has 2 nitrogen and oxygen atoms in total. The molecule has 0 radical (unpaired) electrons. The molecular weight excluding hydrogens is 140 g/mol. The van der Waals surface area contributed by atoms with E-state index in [0.29, 0.717) is 18.1 Å². The summed E-state index contributed by atoms with van der Waals surface area (Å²) in [5, 5.41) is 9.23. The van der Waals surface area contributed by atoms with E-state index < -0.39 is 0 Å². The molecule has 0 aromatic heterocycles. The maximum atomic E-state index is 10.9. The average Bonchev–Trinajstić information content (AvgIpc) is 2.67. The van der Waals surface area contributed by atoms with Crippen molar-refractivity contribution in [1.29, 1.82) is 0 Å². The highest BCUT2D eigenvalue weighted by atomic mass is 16.3.